The highest BCUT2D eigenvalue weighted by molar-refractivity contribution is 5.95. The Morgan fingerprint density at radius 1 is 1.23 bits per heavy atom. The van der Waals surface area contributed by atoms with E-state index in [-0.39, 0.29) is 24.6 Å². The van der Waals surface area contributed by atoms with E-state index in [9.17, 15) is 9.59 Å². The number of urea groups is 1. The molecule has 7 nitrogen and oxygen atoms in total. The summed E-state index contributed by atoms with van der Waals surface area (Å²) in [6, 6.07) is 16.2. The number of ether oxygens (including phenoxy) is 2. The fourth-order valence-electron chi connectivity index (χ4n) is 2.68. The summed E-state index contributed by atoms with van der Waals surface area (Å²) in [4.78, 5) is 25.8. The summed E-state index contributed by atoms with van der Waals surface area (Å²) in [6.45, 7) is 0.633. The van der Waals surface area contributed by atoms with E-state index in [1.807, 2.05) is 36.4 Å². The quantitative estimate of drug-likeness (QED) is 0.862. The van der Waals surface area contributed by atoms with Gasteiger partial charge in [-0.3, -0.25) is 4.79 Å². The van der Waals surface area contributed by atoms with E-state index in [0.717, 1.165) is 5.69 Å². The van der Waals surface area contributed by atoms with Gasteiger partial charge in [-0.05, 0) is 24.3 Å². The Hall–Kier alpha value is -3.06. The van der Waals surface area contributed by atoms with Crippen molar-refractivity contribution in [3.8, 4) is 5.75 Å². The molecule has 1 unspecified atom stereocenters. The molecule has 1 heterocycles. The lowest BCUT2D eigenvalue weighted by Crippen LogP contribution is -2.51. The number of rotatable bonds is 5. The predicted molar refractivity (Wildman–Crippen MR) is 98.6 cm³/mol. The minimum Gasteiger partial charge on any atom is -0.497 e. The van der Waals surface area contributed by atoms with Gasteiger partial charge in [-0.25, -0.2) is 4.79 Å². The van der Waals surface area contributed by atoms with Crippen molar-refractivity contribution in [3.63, 3.8) is 0 Å². The molecule has 2 aromatic rings. The Bertz CT molecular complexity index is 766. The van der Waals surface area contributed by atoms with Gasteiger partial charge in [-0.2, -0.15) is 0 Å². The molecule has 1 atom stereocenters. The maximum absolute atomic E-state index is 12.2. The van der Waals surface area contributed by atoms with Crippen LogP contribution in [0.4, 0.5) is 16.2 Å². The van der Waals surface area contributed by atoms with Crippen LogP contribution in [0.3, 0.4) is 0 Å². The maximum Gasteiger partial charge on any atom is 0.319 e. The lowest BCUT2D eigenvalue weighted by molar-refractivity contribution is -0.129. The molecule has 0 bridgehead atoms. The van der Waals surface area contributed by atoms with Gasteiger partial charge in [0.25, 0.3) is 5.91 Å². The van der Waals surface area contributed by atoms with E-state index in [1.54, 1.807) is 30.2 Å². The van der Waals surface area contributed by atoms with Gasteiger partial charge in [0, 0.05) is 24.0 Å². The summed E-state index contributed by atoms with van der Waals surface area (Å²) in [6.07, 6.45) is -0.291. The third-order valence-electron chi connectivity index (χ3n) is 4.02. The van der Waals surface area contributed by atoms with Crippen molar-refractivity contribution in [3.05, 3.63) is 54.6 Å². The molecule has 26 heavy (non-hydrogen) atoms. The highest BCUT2D eigenvalue weighted by Crippen LogP contribution is 2.23. The van der Waals surface area contributed by atoms with Gasteiger partial charge < -0.3 is 25.0 Å². The second kappa shape index (κ2) is 8.35. The zero-order chi connectivity index (χ0) is 18.4. The Morgan fingerprint density at radius 2 is 2.04 bits per heavy atom. The first-order chi connectivity index (χ1) is 12.7. The molecule has 136 valence electrons. The van der Waals surface area contributed by atoms with Crippen molar-refractivity contribution in [1.82, 2.24) is 5.32 Å². The Kier molecular flexibility index (Phi) is 5.70. The number of methoxy groups -OCH3 is 1. The number of benzene rings is 2. The molecule has 1 saturated heterocycles. The fraction of sp³-hybridized carbons (Fsp3) is 0.263. The molecule has 3 amide bonds. The number of hydrogen-bond donors (Lipinski definition) is 2. The van der Waals surface area contributed by atoms with Crippen LogP contribution in [0.15, 0.2) is 54.6 Å². The molecule has 0 saturated carbocycles. The van der Waals surface area contributed by atoms with E-state index in [1.165, 1.54) is 0 Å². The Labute approximate surface area is 151 Å². The van der Waals surface area contributed by atoms with Gasteiger partial charge in [0.05, 0.1) is 19.8 Å². The molecule has 2 aromatic carbocycles. The van der Waals surface area contributed by atoms with E-state index in [2.05, 4.69) is 10.6 Å². The van der Waals surface area contributed by atoms with Crippen molar-refractivity contribution in [1.29, 1.82) is 0 Å². The molecule has 1 aliphatic heterocycles. The predicted octanol–water partition coefficient (Wildman–Crippen LogP) is 2.25. The van der Waals surface area contributed by atoms with E-state index < -0.39 is 0 Å². The minimum absolute atomic E-state index is 0.0239. The molecule has 1 aliphatic rings. The first kappa shape index (κ1) is 17.8. The number of para-hydroxylation sites is 1. The highest BCUT2D eigenvalue weighted by atomic mass is 16.5. The molecular formula is C19H21N3O4. The van der Waals surface area contributed by atoms with E-state index in [0.29, 0.717) is 24.5 Å². The normalized spacial score (nSPS) is 16.9. The van der Waals surface area contributed by atoms with Crippen molar-refractivity contribution < 1.29 is 19.1 Å². The van der Waals surface area contributed by atoms with Crippen molar-refractivity contribution >= 4 is 23.3 Å². The van der Waals surface area contributed by atoms with E-state index in [4.69, 9.17) is 9.47 Å². The van der Waals surface area contributed by atoms with Crippen molar-refractivity contribution in [2.24, 2.45) is 0 Å². The van der Waals surface area contributed by atoms with Crippen molar-refractivity contribution in [2.45, 2.75) is 6.10 Å². The number of anilines is 2. The van der Waals surface area contributed by atoms with Gasteiger partial charge in [0.2, 0.25) is 0 Å². The maximum atomic E-state index is 12.2. The molecule has 0 aliphatic carbocycles. The standard InChI is InChI=1S/C19H21N3O4/c1-25-16-9-5-8-15(10-16)22-12-17(26-13-18(22)23)11-20-19(24)21-14-6-3-2-4-7-14/h2-10,17H,11-13H2,1H3,(H2,20,21,24). The summed E-state index contributed by atoms with van der Waals surface area (Å²) < 4.78 is 10.7. The number of carbonyl (C=O) groups excluding carboxylic acids is 2. The molecule has 3 rings (SSSR count). The zero-order valence-corrected chi connectivity index (χ0v) is 14.5. The molecule has 0 radical (unpaired) electrons. The summed E-state index contributed by atoms with van der Waals surface area (Å²) in [5.74, 6) is 0.557. The SMILES string of the molecule is COc1cccc(N2CC(CNC(=O)Nc3ccccc3)OCC2=O)c1. The van der Waals surface area contributed by atoms with Crippen LogP contribution >= 0.6 is 0 Å². The van der Waals surface area contributed by atoms with Gasteiger partial charge in [-0.1, -0.05) is 24.3 Å². The molecule has 1 fully saturated rings. The Morgan fingerprint density at radius 3 is 2.81 bits per heavy atom. The highest BCUT2D eigenvalue weighted by Gasteiger charge is 2.27. The number of nitrogens with one attached hydrogen (secondary N) is 2. The number of carbonyl (C=O) groups is 2. The lowest BCUT2D eigenvalue weighted by Gasteiger charge is -2.33. The average molecular weight is 355 g/mol. The Balaban J connectivity index is 1.56. The third-order valence-corrected chi connectivity index (χ3v) is 4.02. The summed E-state index contributed by atoms with van der Waals surface area (Å²) in [5, 5.41) is 5.52. The van der Waals surface area contributed by atoms with Crippen LogP contribution in [0.2, 0.25) is 0 Å². The van der Waals surface area contributed by atoms with Crippen LogP contribution in [0.1, 0.15) is 0 Å². The monoisotopic (exact) mass is 355 g/mol. The zero-order valence-electron chi connectivity index (χ0n) is 14.5. The van der Waals surface area contributed by atoms with Crippen LogP contribution in [0.25, 0.3) is 0 Å². The van der Waals surface area contributed by atoms with Crippen LogP contribution in [-0.2, 0) is 9.53 Å². The first-order valence-corrected chi connectivity index (χ1v) is 8.31. The number of hydrogen-bond acceptors (Lipinski definition) is 4. The second-order valence-electron chi connectivity index (χ2n) is 5.84. The van der Waals surface area contributed by atoms with E-state index >= 15 is 0 Å². The van der Waals surface area contributed by atoms with Crippen molar-refractivity contribution in [2.75, 3.05) is 37.0 Å². The molecular weight excluding hydrogens is 334 g/mol. The largest absolute Gasteiger partial charge is 0.497 e. The number of amides is 3. The second-order valence-corrected chi connectivity index (χ2v) is 5.84. The molecule has 7 heteroatoms. The van der Waals surface area contributed by atoms with Gasteiger partial charge >= 0.3 is 6.03 Å². The summed E-state index contributed by atoms with van der Waals surface area (Å²) >= 11 is 0. The van der Waals surface area contributed by atoms with Crippen LogP contribution in [0.5, 0.6) is 5.75 Å². The van der Waals surface area contributed by atoms with Crippen LogP contribution in [0, 0.1) is 0 Å². The molecule has 2 N–H and O–H groups in total. The minimum atomic E-state index is -0.315. The van der Waals surface area contributed by atoms with Gasteiger partial charge in [0.15, 0.2) is 0 Å². The summed E-state index contributed by atoms with van der Waals surface area (Å²) in [7, 11) is 1.58. The number of morpholine rings is 1. The third kappa shape index (κ3) is 4.52. The first-order valence-electron chi connectivity index (χ1n) is 8.31. The molecule has 0 aromatic heterocycles. The lowest BCUT2D eigenvalue weighted by atomic mass is 10.2. The van der Waals surface area contributed by atoms with Crippen LogP contribution in [-0.4, -0.2) is 44.8 Å². The fourth-order valence-corrected chi connectivity index (χ4v) is 2.68. The average Bonchev–Trinajstić information content (AvgIpc) is 2.68. The summed E-state index contributed by atoms with van der Waals surface area (Å²) in [5.41, 5.74) is 1.46. The van der Waals surface area contributed by atoms with Gasteiger partial charge in [-0.15, -0.1) is 0 Å². The topological polar surface area (TPSA) is 79.9 Å². The van der Waals surface area contributed by atoms with Gasteiger partial charge in [0.1, 0.15) is 12.4 Å². The van der Waals surface area contributed by atoms with Crippen LogP contribution < -0.4 is 20.3 Å². The number of nitrogens with zero attached hydrogens (tertiary/aromatic N) is 1. The smallest absolute Gasteiger partial charge is 0.319 e. The molecule has 0 spiro atoms.